The molecule has 1 aromatic rings. The van der Waals surface area contributed by atoms with Gasteiger partial charge in [0.25, 0.3) is 6.43 Å². The maximum atomic E-state index is 12.0. The molecule has 4 heteroatoms. The van der Waals surface area contributed by atoms with Crippen LogP contribution in [0.25, 0.3) is 0 Å². The van der Waals surface area contributed by atoms with E-state index in [0.29, 0.717) is 12.0 Å². The summed E-state index contributed by atoms with van der Waals surface area (Å²) in [4.78, 5) is 0. The van der Waals surface area contributed by atoms with Crippen LogP contribution in [0.15, 0.2) is 30.3 Å². The minimum Gasteiger partial charge on any atom is -0.386 e. The van der Waals surface area contributed by atoms with Crippen LogP contribution in [0.3, 0.4) is 0 Å². The molecule has 0 amide bonds. The Balaban J connectivity index is 2.59. The van der Waals surface area contributed by atoms with Gasteiger partial charge in [-0.2, -0.15) is 0 Å². The first-order valence-corrected chi connectivity index (χ1v) is 5.28. The number of aliphatic hydroxyl groups is 1. The van der Waals surface area contributed by atoms with Crippen molar-refractivity contribution >= 4 is 0 Å². The van der Waals surface area contributed by atoms with Crippen molar-refractivity contribution in [2.45, 2.75) is 32.0 Å². The third-order valence-corrected chi connectivity index (χ3v) is 2.33. The molecule has 2 atom stereocenters. The SMILES string of the molecule is CCC(OCC(F)F)C(O)c1ccccc1. The number of benzene rings is 1. The Kier molecular flexibility index (Phi) is 5.35. The maximum absolute atomic E-state index is 12.0. The Morgan fingerprint density at radius 3 is 2.38 bits per heavy atom. The van der Waals surface area contributed by atoms with E-state index in [9.17, 15) is 13.9 Å². The molecule has 1 rings (SSSR count). The van der Waals surface area contributed by atoms with Crippen LogP contribution in [-0.4, -0.2) is 24.2 Å². The average molecular weight is 230 g/mol. The van der Waals surface area contributed by atoms with Gasteiger partial charge >= 0.3 is 0 Å². The summed E-state index contributed by atoms with van der Waals surface area (Å²) >= 11 is 0. The zero-order chi connectivity index (χ0) is 12.0. The number of alkyl halides is 2. The lowest BCUT2D eigenvalue weighted by atomic mass is 10.0. The summed E-state index contributed by atoms with van der Waals surface area (Å²) in [5.41, 5.74) is 0.684. The number of halogens is 2. The fourth-order valence-corrected chi connectivity index (χ4v) is 1.49. The minimum absolute atomic E-state index is 0.489. The summed E-state index contributed by atoms with van der Waals surface area (Å²) in [6, 6.07) is 8.91. The van der Waals surface area contributed by atoms with E-state index in [-0.39, 0.29) is 0 Å². The molecule has 2 nitrogen and oxygen atoms in total. The van der Waals surface area contributed by atoms with Gasteiger partial charge in [-0.3, -0.25) is 0 Å². The molecule has 0 heterocycles. The first-order chi connectivity index (χ1) is 7.65. The quantitative estimate of drug-likeness (QED) is 0.814. The second-order valence-electron chi connectivity index (χ2n) is 3.53. The monoisotopic (exact) mass is 230 g/mol. The maximum Gasteiger partial charge on any atom is 0.261 e. The summed E-state index contributed by atoms with van der Waals surface area (Å²) in [6.45, 7) is 1.16. The van der Waals surface area contributed by atoms with Crippen LogP contribution >= 0.6 is 0 Å². The minimum atomic E-state index is -2.50. The van der Waals surface area contributed by atoms with E-state index < -0.39 is 25.2 Å². The van der Waals surface area contributed by atoms with E-state index in [1.54, 1.807) is 31.2 Å². The average Bonchev–Trinajstić information content (AvgIpc) is 2.30. The van der Waals surface area contributed by atoms with E-state index in [0.717, 1.165) is 0 Å². The first kappa shape index (κ1) is 13.1. The molecule has 1 N–H and O–H groups in total. The molecule has 16 heavy (non-hydrogen) atoms. The highest BCUT2D eigenvalue weighted by molar-refractivity contribution is 5.18. The van der Waals surface area contributed by atoms with Crippen molar-refractivity contribution in [3.05, 3.63) is 35.9 Å². The number of aliphatic hydroxyl groups excluding tert-OH is 1. The van der Waals surface area contributed by atoms with Gasteiger partial charge in [0.15, 0.2) is 0 Å². The van der Waals surface area contributed by atoms with Crippen LogP contribution in [-0.2, 0) is 4.74 Å². The fourth-order valence-electron chi connectivity index (χ4n) is 1.49. The van der Waals surface area contributed by atoms with Gasteiger partial charge in [-0.25, -0.2) is 8.78 Å². The predicted molar refractivity (Wildman–Crippen MR) is 57.4 cm³/mol. The highest BCUT2D eigenvalue weighted by atomic mass is 19.3. The molecule has 0 aromatic heterocycles. The van der Waals surface area contributed by atoms with Crippen LogP contribution in [0.5, 0.6) is 0 Å². The van der Waals surface area contributed by atoms with Crippen LogP contribution in [0.4, 0.5) is 8.78 Å². The van der Waals surface area contributed by atoms with Crippen molar-refractivity contribution in [2.24, 2.45) is 0 Å². The number of rotatable bonds is 6. The summed E-state index contributed by atoms with van der Waals surface area (Å²) in [5.74, 6) is 0. The van der Waals surface area contributed by atoms with Crippen molar-refractivity contribution in [2.75, 3.05) is 6.61 Å². The topological polar surface area (TPSA) is 29.5 Å². The number of ether oxygens (including phenoxy) is 1. The molecule has 0 saturated heterocycles. The molecule has 0 fully saturated rings. The van der Waals surface area contributed by atoms with Gasteiger partial charge < -0.3 is 9.84 Å². The summed E-state index contributed by atoms with van der Waals surface area (Å²) in [7, 11) is 0. The second-order valence-corrected chi connectivity index (χ2v) is 3.53. The van der Waals surface area contributed by atoms with Crippen molar-refractivity contribution in [1.82, 2.24) is 0 Å². The molecule has 0 spiro atoms. The molecule has 0 aliphatic carbocycles. The molecular formula is C12H16F2O2. The Morgan fingerprint density at radius 1 is 1.25 bits per heavy atom. The van der Waals surface area contributed by atoms with E-state index >= 15 is 0 Å². The molecule has 0 saturated carbocycles. The van der Waals surface area contributed by atoms with E-state index in [2.05, 4.69) is 0 Å². The molecule has 0 bridgehead atoms. The lowest BCUT2D eigenvalue weighted by Crippen LogP contribution is -2.24. The Bertz CT molecular complexity index is 290. The lowest BCUT2D eigenvalue weighted by molar-refractivity contribution is -0.0771. The van der Waals surface area contributed by atoms with E-state index in [1.165, 1.54) is 0 Å². The lowest BCUT2D eigenvalue weighted by Gasteiger charge is -2.22. The molecule has 0 aliphatic rings. The van der Waals surface area contributed by atoms with Gasteiger partial charge in [-0.1, -0.05) is 37.3 Å². The smallest absolute Gasteiger partial charge is 0.261 e. The molecule has 90 valence electrons. The van der Waals surface area contributed by atoms with Crippen molar-refractivity contribution in [3.8, 4) is 0 Å². The van der Waals surface area contributed by atoms with Crippen molar-refractivity contribution in [1.29, 1.82) is 0 Å². The largest absolute Gasteiger partial charge is 0.386 e. The van der Waals surface area contributed by atoms with Gasteiger partial charge in [0.05, 0.1) is 6.10 Å². The highest BCUT2D eigenvalue weighted by Gasteiger charge is 2.20. The third-order valence-electron chi connectivity index (χ3n) is 2.33. The van der Waals surface area contributed by atoms with Crippen LogP contribution in [0.2, 0.25) is 0 Å². The Morgan fingerprint density at radius 2 is 1.88 bits per heavy atom. The molecule has 0 aliphatic heterocycles. The van der Waals surface area contributed by atoms with E-state index in [1.807, 2.05) is 6.07 Å². The number of hydrogen-bond acceptors (Lipinski definition) is 2. The molecular weight excluding hydrogens is 214 g/mol. The Hall–Kier alpha value is -1.00. The summed E-state index contributed by atoms with van der Waals surface area (Å²) < 4.78 is 29.0. The van der Waals surface area contributed by atoms with Crippen molar-refractivity contribution < 1.29 is 18.6 Å². The van der Waals surface area contributed by atoms with Crippen LogP contribution < -0.4 is 0 Å². The van der Waals surface area contributed by atoms with Crippen LogP contribution in [0, 0.1) is 0 Å². The van der Waals surface area contributed by atoms with Gasteiger partial charge in [0, 0.05) is 0 Å². The zero-order valence-corrected chi connectivity index (χ0v) is 9.14. The molecule has 1 aromatic carbocycles. The van der Waals surface area contributed by atoms with Gasteiger partial charge in [0.2, 0.25) is 0 Å². The van der Waals surface area contributed by atoms with Gasteiger partial charge in [0.1, 0.15) is 12.7 Å². The van der Waals surface area contributed by atoms with Gasteiger partial charge in [-0.15, -0.1) is 0 Å². The molecule has 0 radical (unpaired) electrons. The number of hydrogen-bond donors (Lipinski definition) is 1. The third kappa shape index (κ3) is 3.87. The zero-order valence-electron chi connectivity index (χ0n) is 9.14. The normalized spacial score (nSPS) is 15.1. The standard InChI is InChI=1S/C12H16F2O2/c1-2-10(16-8-11(13)14)12(15)9-6-4-3-5-7-9/h3-7,10-12,15H,2,8H2,1H3. The van der Waals surface area contributed by atoms with Gasteiger partial charge in [-0.05, 0) is 12.0 Å². The van der Waals surface area contributed by atoms with Crippen LogP contribution in [0.1, 0.15) is 25.0 Å². The van der Waals surface area contributed by atoms with Crippen molar-refractivity contribution in [3.63, 3.8) is 0 Å². The summed E-state index contributed by atoms with van der Waals surface area (Å²) in [6.07, 6.45) is -3.46. The van der Waals surface area contributed by atoms with E-state index in [4.69, 9.17) is 4.74 Å². The Labute approximate surface area is 93.9 Å². The predicted octanol–water partition coefficient (Wildman–Crippen LogP) is 2.78. The fraction of sp³-hybridized carbons (Fsp3) is 0.500. The molecule has 2 unspecified atom stereocenters. The second kappa shape index (κ2) is 6.55. The highest BCUT2D eigenvalue weighted by Crippen LogP contribution is 2.21. The summed E-state index contributed by atoms with van der Waals surface area (Å²) in [5, 5.41) is 9.92. The first-order valence-electron chi connectivity index (χ1n) is 5.28.